The number of hydrogen-bond donors (Lipinski definition) is 2. The minimum atomic E-state index is -0.529. The van der Waals surface area contributed by atoms with E-state index in [-0.39, 0.29) is 0 Å². The number of aryl methyl sites for hydroxylation is 4. The number of rotatable bonds is 2. The van der Waals surface area contributed by atoms with Crippen LogP contribution < -0.4 is 0 Å². The Morgan fingerprint density at radius 2 is 0.871 bits per heavy atom. The van der Waals surface area contributed by atoms with Gasteiger partial charge < -0.3 is 10.2 Å². The van der Waals surface area contributed by atoms with E-state index < -0.39 is 5.41 Å². The Kier molecular flexibility index (Phi) is 4.23. The summed E-state index contributed by atoms with van der Waals surface area (Å²) in [5, 5.41) is 20.8. The van der Waals surface area contributed by atoms with Gasteiger partial charge in [0.25, 0.3) is 0 Å². The fourth-order valence-corrected chi connectivity index (χ4v) is 5.37. The number of phenols is 2. The van der Waals surface area contributed by atoms with Crippen molar-refractivity contribution in [2.24, 2.45) is 0 Å². The predicted molar refractivity (Wildman–Crippen MR) is 126 cm³/mol. The number of phenolic OH excluding ortho intramolecular Hbond substituents is 2. The maximum Gasteiger partial charge on any atom is 0.118 e. The van der Waals surface area contributed by atoms with Gasteiger partial charge in [-0.15, -0.1) is 0 Å². The molecule has 0 spiro atoms. The van der Waals surface area contributed by atoms with Crippen molar-refractivity contribution in [3.05, 3.63) is 117 Å². The van der Waals surface area contributed by atoms with Gasteiger partial charge in [0, 0.05) is 0 Å². The quantitative estimate of drug-likeness (QED) is 0.343. The maximum atomic E-state index is 10.4. The van der Waals surface area contributed by atoms with Gasteiger partial charge in [-0.2, -0.15) is 0 Å². The molecule has 31 heavy (non-hydrogen) atoms. The molecule has 2 heteroatoms. The van der Waals surface area contributed by atoms with E-state index in [0.717, 1.165) is 33.4 Å². The van der Waals surface area contributed by atoms with Gasteiger partial charge in [0.1, 0.15) is 11.5 Å². The molecule has 154 valence electrons. The van der Waals surface area contributed by atoms with Gasteiger partial charge >= 0.3 is 0 Å². The van der Waals surface area contributed by atoms with Crippen LogP contribution in [0.25, 0.3) is 11.1 Å². The number of benzene rings is 4. The molecular formula is C29H26O2. The lowest BCUT2D eigenvalue weighted by molar-refractivity contribution is 0.469. The zero-order chi connectivity index (χ0) is 21.9. The Balaban J connectivity index is 2.03. The minimum Gasteiger partial charge on any atom is -0.508 e. The first-order valence-corrected chi connectivity index (χ1v) is 10.7. The molecule has 0 fully saturated rings. The molecule has 4 aromatic rings. The first kappa shape index (κ1) is 19.4. The van der Waals surface area contributed by atoms with Gasteiger partial charge in [-0.1, -0.05) is 60.7 Å². The van der Waals surface area contributed by atoms with Crippen LogP contribution in [0, 0.1) is 27.7 Å². The molecule has 2 nitrogen and oxygen atoms in total. The molecule has 1 aliphatic rings. The summed E-state index contributed by atoms with van der Waals surface area (Å²) in [4.78, 5) is 0. The summed E-state index contributed by atoms with van der Waals surface area (Å²) in [5.74, 6) is 0.629. The third kappa shape index (κ3) is 2.58. The molecule has 0 bridgehead atoms. The summed E-state index contributed by atoms with van der Waals surface area (Å²) in [6.07, 6.45) is 0. The zero-order valence-corrected chi connectivity index (χ0v) is 18.3. The molecule has 2 N–H and O–H groups in total. The second-order valence-corrected chi connectivity index (χ2v) is 8.75. The van der Waals surface area contributed by atoms with Crippen LogP contribution in [-0.2, 0) is 5.41 Å². The first-order chi connectivity index (χ1) is 14.9. The van der Waals surface area contributed by atoms with Crippen molar-refractivity contribution in [1.29, 1.82) is 0 Å². The highest BCUT2D eigenvalue weighted by Crippen LogP contribution is 2.57. The lowest BCUT2D eigenvalue weighted by Crippen LogP contribution is -2.30. The zero-order valence-electron chi connectivity index (χ0n) is 18.3. The first-order valence-electron chi connectivity index (χ1n) is 10.7. The highest BCUT2D eigenvalue weighted by Gasteiger charge is 2.47. The monoisotopic (exact) mass is 406 g/mol. The summed E-state index contributed by atoms with van der Waals surface area (Å²) in [6, 6.07) is 25.2. The summed E-state index contributed by atoms with van der Waals surface area (Å²) >= 11 is 0. The van der Waals surface area contributed by atoms with Crippen LogP contribution in [0.1, 0.15) is 44.5 Å². The highest BCUT2D eigenvalue weighted by molar-refractivity contribution is 5.87. The van der Waals surface area contributed by atoms with Gasteiger partial charge in [0.05, 0.1) is 5.41 Å². The average molecular weight is 407 g/mol. The number of hydrogen-bond acceptors (Lipinski definition) is 2. The maximum absolute atomic E-state index is 10.4. The standard InChI is InChI=1S/C29H26O2/c1-17-15-27(30)19(3)13-25(17)29(26-14-20(4)28(31)16-18(26)2)23-11-7-5-9-21(23)22-10-6-8-12-24(22)29/h5-16,30-31H,1-4H3. The van der Waals surface area contributed by atoms with E-state index in [1.165, 1.54) is 22.3 Å². The van der Waals surface area contributed by atoms with Crippen molar-refractivity contribution in [2.45, 2.75) is 33.1 Å². The van der Waals surface area contributed by atoms with Crippen LogP contribution in [0.5, 0.6) is 11.5 Å². The Morgan fingerprint density at radius 1 is 0.484 bits per heavy atom. The highest BCUT2D eigenvalue weighted by atomic mass is 16.3. The van der Waals surface area contributed by atoms with Gasteiger partial charge in [-0.25, -0.2) is 0 Å². The van der Waals surface area contributed by atoms with Crippen molar-refractivity contribution < 1.29 is 10.2 Å². The summed E-state index contributed by atoms with van der Waals surface area (Å²) in [7, 11) is 0. The molecular weight excluding hydrogens is 380 g/mol. The second kappa shape index (κ2) is 6.75. The van der Waals surface area contributed by atoms with Gasteiger partial charge in [0.2, 0.25) is 0 Å². The van der Waals surface area contributed by atoms with E-state index in [1.807, 2.05) is 26.0 Å². The van der Waals surface area contributed by atoms with E-state index >= 15 is 0 Å². The fraction of sp³-hybridized carbons (Fsp3) is 0.172. The van der Waals surface area contributed by atoms with Crippen molar-refractivity contribution in [3.8, 4) is 22.6 Å². The van der Waals surface area contributed by atoms with E-state index in [4.69, 9.17) is 0 Å². The SMILES string of the molecule is Cc1cc(C2(c3cc(C)c(O)cc3C)c3ccccc3-c3ccccc32)c(C)cc1O. The minimum absolute atomic E-state index is 0.314. The summed E-state index contributed by atoms with van der Waals surface area (Å²) in [6.45, 7) is 8.05. The van der Waals surface area contributed by atoms with Crippen LogP contribution in [-0.4, -0.2) is 10.2 Å². The van der Waals surface area contributed by atoms with Crippen LogP contribution in [0.2, 0.25) is 0 Å². The molecule has 0 unspecified atom stereocenters. The third-order valence-corrected chi connectivity index (χ3v) is 6.85. The smallest absolute Gasteiger partial charge is 0.118 e. The van der Waals surface area contributed by atoms with Crippen molar-refractivity contribution in [2.75, 3.05) is 0 Å². The van der Waals surface area contributed by atoms with Crippen LogP contribution >= 0.6 is 0 Å². The van der Waals surface area contributed by atoms with E-state index in [2.05, 4.69) is 74.5 Å². The predicted octanol–water partition coefficient (Wildman–Crippen LogP) is 6.69. The van der Waals surface area contributed by atoms with Crippen LogP contribution in [0.4, 0.5) is 0 Å². The van der Waals surface area contributed by atoms with Crippen LogP contribution in [0.15, 0.2) is 72.8 Å². The molecule has 0 atom stereocenters. The van der Waals surface area contributed by atoms with E-state index in [0.29, 0.717) is 11.5 Å². The fourth-order valence-electron chi connectivity index (χ4n) is 5.37. The molecule has 4 aromatic carbocycles. The Morgan fingerprint density at radius 3 is 1.29 bits per heavy atom. The summed E-state index contributed by atoms with van der Waals surface area (Å²) < 4.78 is 0. The molecule has 5 rings (SSSR count). The molecule has 0 heterocycles. The molecule has 0 saturated heterocycles. The van der Waals surface area contributed by atoms with Crippen molar-refractivity contribution in [1.82, 2.24) is 0 Å². The van der Waals surface area contributed by atoms with Gasteiger partial charge in [-0.05, 0) is 95.5 Å². The summed E-state index contributed by atoms with van der Waals surface area (Å²) in [5.41, 5.74) is 10.5. The van der Waals surface area contributed by atoms with Crippen molar-refractivity contribution >= 4 is 0 Å². The average Bonchev–Trinajstić information content (AvgIpc) is 3.05. The van der Waals surface area contributed by atoms with E-state index in [9.17, 15) is 10.2 Å². The molecule has 0 radical (unpaired) electrons. The Labute approximate surface area is 183 Å². The lowest BCUT2D eigenvalue weighted by atomic mass is 9.65. The molecule has 1 aliphatic carbocycles. The van der Waals surface area contributed by atoms with E-state index in [1.54, 1.807) is 0 Å². The molecule has 0 aliphatic heterocycles. The second-order valence-electron chi connectivity index (χ2n) is 8.75. The molecule has 0 aromatic heterocycles. The largest absolute Gasteiger partial charge is 0.508 e. The normalized spacial score (nSPS) is 13.7. The molecule has 0 saturated carbocycles. The Bertz CT molecular complexity index is 1240. The third-order valence-electron chi connectivity index (χ3n) is 6.85. The van der Waals surface area contributed by atoms with Gasteiger partial charge in [-0.3, -0.25) is 0 Å². The molecule has 0 amide bonds. The van der Waals surface area contributed by atoms with Crippen LogP contribution in [0.3, 0.4) is 0 Å². The Hall–Kier alpha value is -3.52. The van der Waals surface area contributed by atoms with Crippen molar-refractivity contribution in [3.63, 3.8) is 0 Å². The lowest BCUT2D eigenvalue weighted by Gasteiger charge is -2.37. The topological polar surface area (TPSA) is 40.5 Å². The number of aromatic hydroxyl groups is 2. The number of fused-ring (bicyclic) bond motifs is 3. The van der Waals surface area contributed by atoms with Gasteiger partial charge in [0.15, 0.2) is 0 Å².